The van der Waals surface area contributed by atoms with E-state index in [4.69, 9.17) is 9.47 Å². The van der Waals surface area contributed by atoms with E-state index in [0.717, 1.165) is 12.1 Å². The standard InChI is InChI=1S/C13H19N3O4/c1-13(4-3-5-20-13)12(18)16-10(11(17)19-2)6-9-7-14-8-15-9/h7-8,10H,3-6H2,1-2H3,(H,14,15)(H,16,18)/t10-,13?/m0/s1. The first kappa shape index (κ1) is 14.5. The van der Waals surface area contributed by atoms with Crippen molar-refractivity contribution in [3.63, 3.8) is 0 Å². The van der Waals surface area contributed by atoms with E-state index in [0.29, 0.717) is 19.4 Å². The molecule has 0 aliphatic carbocycles. The minimum absolute atomic E-state index is 0.287. The molecule has 1 aromatic rings. The number of rotatable bonds is 5. The Hall–Kier alpha value is -1.89. The Morgan fingerprint density at radius 3 is 3.00 bits per heavy atom. The zero-order chi connectivity index (χ0) is 14.6. The number of aromatic amines is 1. The molecule has 0 bridgehead atoms. The number of nitrogens with one attached hydrogen (secondary N) is 2. The summed E-state index contributed by atoms with van der Waals surface area (Å²) < 4.78 is 10.2. The normalized spacial score (nSPS) is 23.3. The molecule has 1 aliphatic rings. The molecule has 20 heavy (non-hydrogen) atoms. The highest BCUT2D eigenvalue weighted by atomic mass is 16.5. The van der Waals surface area contributed by atoms with Crippen LogP contribution in [0.5, 0.6) is 0 Å². The lowest BCUT2D eigenvalue weighted by atomic mass is 10.0. The predicted molar refractivity (Wildman–Crippen MR) is 69.8 cm³/mol. The van der Waals surface area contributed by atoms with Gasteiger partial charge in [-0.15, -0.1) is 0 Å². The smallest absolute Gasteiger partial charge is 0.328 e. The molecule has 7 heteroatoms. The third kappa shape index (κ3) is 3.16. The Balaban J connectivity index is 2.03. The summed E-state index contributed by atoms with van der Waals surface area (Å²) in [5.41, 5.74) is -0.113. The molecular formula is C13H19N3O4. The molecule has 110 valence electrons. The molecule has 0 aromatic carbocycles. The van der Waals surface area contributed by atoms with Gasteiger partial charge in [-0.2, -0.15) is 0 Å². The van der Waals surface area contributed by atoms with Crippen molar-refractivity contribution in [1.29, 1.82) is 0 Å². The lowest BCUT2D eigenvalue weighted by molar-refractivity contribution is -0.149. The fraction of sp³-hybridized carbons (Fsp3) is 0.615. The minimum atomic E-state index is -0.861. The Bertz CT molecular complexity index is 466. The summed E-state index contributed by atoms with van der Waals surface area (Å²) in [7, 11) is 1.29. The molecule has 1 saturated heterocycles. The molecule has 1 amide bonds. The van der Waals surface area contributed by atoms with Crippen LogP contribution in [0.25, 0.3) is 0 Å². The van der Waals surface area contributed by atoms with Gasteiger partial charge in [0.1, 0.15) is 11.6 Å². The summed E-state index contributed by atoms with van der Waals surface area (Å²) in [6.45, 7) is 2.30. The molecule has 1 aromatic heterocycles. The molecule has 1 fully saturated rings. The second-order valence-electron chi connectivity index (χ2n) is 5.01. The van der Waals surface area contributed by atoms with Gasteiger partial charge in [-0.3, -0.25) is 4.79 Å². The molecule has 0 saturated carbocycles. The van der Waals surface area contributed by atoms with Crippen LogP contribution in [0.4, 0.5) is 0 Å². The van der Waals surface area contributed by atoms with E-state index in [1.54, 1.807) is 13.1 Å². The second kappa shape index (κ2) is 6.04. The molecule has 1 unspecified atom stereocenters. The summed E-state index contributed by atoms with van der Waals surface area (Å²) >= 11 is 0. The summed E-state index contributed by atoms with van der Waals surface area (Å²) in [6, 6.07) is -0.756. The lowest BCUT2D eigenvalue weighted by Gasteiger charge is -2.25. The van der Waals surface area contributed by atoms with Gasteiger partial charge in [-0.25, -0.2) is 9.78 Å². The highest BCUT2D eigenvalue weighted by Gasteiger charge is 2.39. The van der Waals surface area contributed by atoms with Crippen molar-refractivity contribution in [2.24, 2.45) is 0 Å². The van der Waals surface area contributed by atoms with Crippen molar-refractivity contribution in [2.75, 3.05) is 13.7 Å². The molecule has 0 spiro atoms. The highest BCUT2D eigenvalue weighted by molar-refractivity contribution is 5.89. The minimum Gasteiger partial charge on any atom is -0.467 e. The number of esters is 1. The number of amides is 1. The van der Waals surface area contributed by atoms with Crippen molar-refractivity contribution in [1.82, 2.24) is 15.3 Å². The molecule has 7 nitrogen and oxygen atoms in total. The Labute approximate surface area is 117 Å². The van der Waals surface area contributed by atoms with Crippen LogP contribution in [0.1, 0.15) is 25.5 Å². The van der Waals surface area contributed by atoms with Crippen LogP contribution in [0, 0.1) is 0 Å². The Morgan fingerprint density at radius 1 is 1.65 bits per heavy atom. The first-order chi connectivity index (χ1) is 9.55. The molecule has 2 N–H and O–H groups in total. The van der Waals surface area contributed by atoms with E-state index in [1.165, 1.54) is 13.4 Å². The highest BCUT2D eigenvalue weighted by Crippen LogP contribution is 2.25. The van der Waals surface area contributed by atoms with Crippen LogP contribution >= 0.6 is 0 Å². The number of imidazole rings is 1. The lowest BCUT2D eigenvalue weighted by Crippen LogP contribution is -2.51. The van der Waals surface area contributed by atoms with Gasteiger partial charge in [0.05, 0.1) is 13.4 Å². The fourth-order valence-electron chi connectivity index (χ4n) is 2.22. The van der Waals surface area contributed by atoms with Crippen LogP contribution in [-0.4, -0.2) is 47.2 Å². The van der Waals surface area contributed by atoms with E-state index in [-0.39, 0.29) is 5.91 Å². The van der Waals surface area contributed by atoms with Gasteiger partial charge in [0, 0.05) is 24.9 Å². The van der Waals surface area contributed by atoms with Gasteiger partial charge in [0.15, 0.2) is 0 Å². The van der Waals surface area contributed by atoms with Crippen molar-refractivity contribution in [3.05, 3.63) is 18.2 Å². The Morgan fingerprint density at radius 2 is 2.45 bits per heavy atom. The van der Waals surface area contributed by atoms with Crippen molar-refractivity contribution < 1.29 is 19.1 Å². The van der Waals surface area contributed by atoms with E-state index < -0.39 is 17.6 Å². The topological polar surface area (TPSA) is 93.3 Å². The number of hydrogen-bond donors (Lipinski definition) is 2. The van der Waals surface area contributed by atoms with E-state index >= 15 is 0 Å². The van der Waals surface area contributed by atoms with Gasteiger partial charge < -0.3 is 19.8 Å². The molecule has 2 rings (SSSR count). The number of ether oxygens (including phenoxy) is 2. The first-order valence-corrected chi connectivity index (χ1v) is 6.55. The Kier molecular flexibility index (Phi) is 4.39. The number of aromatic nitrogens is 2. The SMILES string of the molecule is COC(=O)[C@H](Cc1cnc[nH]1)NC(=O)C1(C)CCCO1. The zero-order valence-electron chi connectivity index (χ0n) is 11.6. The second-order valence-corrected chi connectivity index (χ2v) is 5.01. The van der Waals surface area contributed by atoms with Crippen molar-refractivity contribution in [2.45, 2.75) is 37.8 Å². The summed E-state index contributed by atoms with van der Waals surface area (Å²) in [5.74, 6) is -0.778. The largest absolute Gasteiger partial charge is 0.467 e. The molecule has 0 radical (unpaired) electrons. The monoisotopic (exact) mass is 281 g/mol. The summed E-state index contributed by atoms with van der Waals surface area (Å²) in [5, 5.41) is 2.70. The van der Waals surface area contributed by atoms with Gasteiger partial charge in [-0.1, -0.05) is 0 Å². The summed E-state index contributed by atoms with van der Waals surface area (Å²) in [6.07, 6.45) is 4.92. The molecule has 2 atom stereocenters. The number of nitrogens with zero attached hydrogens (tertiary/aromatic N) is 1. The molecule has 2 heterocycles. The van der Waals surface area contributed by atoms with Crippen LogP contribution in [0.3, 0.4) is 0 Å². The molecule has 1 aliphatic heterocycles. The quantitative estimate of drug-likeness (QED) is 0.751. The predicted octanol–water partition coefficient (Wildman–Crippen LogP) is 0.179. The number of H-pyrrole nitrogens is 1. The maximum absolute atomic E-state index is 12.3. The molecular weight excluding hydrogens is 262 g/mol. The summed E-state index contributed by atoms with van der Waals surface area (Å²) in [4.78, 5) is 30.8. The third-order valence-electron chi connectivity index (χ3n) is 3.47. The van der Waals surface area contributed by atoms with Gasteiger partial charge in [0.2, 0.25) is 0 Å². The van der Waals surface area contributed by atoms with Gasteiger partial charge in [-0.05, 0) is 19.8 Å². The zero-order valence-corrected chi connectivity index (χ0v) is 11.6. The number of carbonyl (C=O) groups excluding carboxylic acids is 2. The van der Waals surface area contributed by atoms with Crippen molar-refractivity contribution in [3.8, 4) is 0 Å². The van der Waals surface area contributed by atoms with Crippen molar-refractivity contribution >= 4 is 11.9 Å². The van der Waals surface area contributed by atoms with E-state index in [1.807, 2.05) is 0 Å². The number of hydrogen-bond acceptors (Lipinski definition) is 5. The van der Waals surface area contributed by atoms with Crippen LogP contribution in [-0.2, 0) is 25.5 Å². The fourth-order valence-corrected chi connectivity index (χ4v) is 2.22. The maximum atomic E-state index is 12.3. The average molecular weight is 281 g/mol. The number of methoxy groups -OCH3 is 1. The maximum Gasteiger partial charge on any atom is 0.328 e. The van der Waals surface area contributed by atoms with Crippen LogP contribution in [0.15, 0.2) is 12.5 Å². The number of carbonyl (C=O) groups is 2. The van der Waals surface area contributed by atoms with E-state index in [2.05, 4.69) is 15.3 Å². The average Bonchev–Trinajstić information content (AvgIpc) is 3.09. The van der Waals surface area contributed by atoms with Gasteiger partial charge >= 0.3 is 5.97 Å². The van der Waals surface area contributed by atoms with Crippen LogP contribution < -0.4 is 5.32 Å². The van der Waals surface area contributed by atoms with E-state index in [9.17, 15) is 9.59 Å². The van der Waals surface area contributed by atoms with Gasteiger partial charge in [0.25, 0.3) is 5.91 Å². The van der Waals surface area contributed by atoms with Crippen LogP contribution in [0.2, 0.25) is 0 Å². The first-order valence-electron chi connectivity index (χ1n) is 6.55. The third-order valence-corrected chi connectivity index (χ3v) is 3.47.